The number of ether oxygens (including phenoxy) is 2. The Labute approximate surface area is 141 Å². The molecular formula is C18H20ClNO3. The molecule has 0 aromatic heterocycles. The average Bonchev–Trinajstić information content (AvgIpc) is 2.57. The minimum Gasteiger partial charge on any atom is -0.497 e. The molecule has 0 fully saturated rings. The summed E-state index contributed by atoms with van der Waals surface area (Å²) in [6, 6.07) is 14.9. The zero-order valence-electron chi connectivity index (χ0n) is 13.0. The van der Waals surface area contributed by atoms with Gasteiger partial charge in [-0.2, -0.15) is 0 Å². The van der Waals surface area contributed by atoms with Crippen LogP contribution in [0, 0.1) is 0 Å². The molecular weight excluding hydrogens is 314 g/mol. The standard InChI is InChI=1S/C18H20ClNO3/c1-22-16-6-8-17(9-7-16)23-13-11-18(21)20-12-10-14-2-4-15(19)5-3-14/h2-9H,10-13H2,1H3,(H,20,21). The van der Waals surface area contributed by atoms with E-state index in [0.717, 1.165) is 23.5 Å². The number of methoxy groups -OCH3 is 1. The Morgan fingerprint density at radius 2 is 1.70 bits per heavy atom. The van der Waals surface area contributed by atoms with Crippen LogP contribution in [0.5, 0.6) is 11.5 Å². The van der Waals surface area contributed by atoms with Crippen molar-refractivity contribution in [3.05, 3.63) is 59.1 Å². The van der Waals surface area contributed by atoms with Crippen molar-refractivity contribution in [2.24, 2.45) is 0 Å². The van der Waals surface area contributed by atoms with E-state index in [1.165, 1.54) is 0 Å². The second-order valence-corrected chi connectivity index (χ2v) is 5.44. The van der Waals surface area contributed by atoms with Crippen LogP contribution in [0.1, 0.15) is 12.0 Å². The molecule has 0 radical (unpaired) electrons. The third-order valence-electron chi connectivity index (χ3n) is 3.31. The predicted molar refractivity (Wildman–Crippen MR) is 91.3 cm³/mol. The highest BCUT2D eigenvalue weighted by Crippen LogP contribution is 2.17. The summed E-state index contributed by atoms with van der Waals surface area (Å²) < 4.78 is 10.6. The normalized spacial score (nSPS) is 10.2. The first kappa shape index (κ1) is 17.2. The van der Waals surface area contributed by atoms with Crippen LogP contribution in [-0.2, 0) is 11.2 Å². The number of halogens is 1. The van der Waals surface area contributed by atoms with Crippen molar-refractivity contribution in [3.8, 4) is 11.5 Å². The van der Waals surface area contributed by atoms with E-state index in [-0.39, 0.29) is 5.91 Å². The van der Waals surface area contributed by atoms with Crippen molar-refractivity contribution >= 4 is 17.5 Å². The monoisotopic (exact) mass is 333 g/mol. The molecule has 0 bridgehead atoms. The van der Waals surface area contributed by atoms with Gasteiger partial charge in [0.2, 0.25) is 5.91 Å². The summed E-state index contributed by atoms with van der Waals surface area (Å²) in [6.07, 6.45) is 1.11. The molecule has 4 nitrogen and oxygen atoms in total. The zero-order chi connectivity index (χ0) is 16.5. The molecule has 0 spiro atoms. The molecule has 0 saturated heterocycles. The summed E-state index contributed by atoms with van der Waals surface area (Å²) in [6.45, 7) is 0.947. The van der Waals surface area contributed by atoms with Crippen LogP contribution in [0.15, 0.2) is 48.5 Å². The Kier molecular flexibility index (Phi) is 6.76. The second-order valence-electron chi connectivity index (χ2n) is 5.00. The van der Waals surface area contributed by atoms with E-state index in [0.29, 0.717) is 24.6 Å². The Hall–Kier alpha value is -2.20. The Morgan fingerprint density at radius 1 is 1.04 bits per heavy atom. The predicted octanol–water partition coefficient (Wildman–Crippen LogP) is 3.48. The van der Waals surface area contributed by atoms with Gasteiger partial charge in [0, 0.05) is 11.6 Å². The number of amides is 1. The number of carbonyl (C=O) groups excluding carboxylic acids is 1. The molecule has 0 saturated carbocycles. The maximum absolute atomic E-state index is 11.7. The maximum atomic E-state index is 11.7. The molecule has 1 N–H and O–H groups in total. The molecule has 1 amide bonds. The van der Waals surface area contributed by atoms with Gasteiger partial charge in [0.05, 0.1) is 20.1 Å². The van der Waals surface area contributed by atoms with Crippen LogP contribution in [0.3, 0.4) is 0 Å². The zero-order valence-corrected chi connectivity index (χ0v) is 13.8. The third kappa shape index (κ3) is 6.20. The molecule has 23 heavy (non-hydrogen) atoms. The maximum Gasteiger partial charge on any atom is 0.223 e. The number of benzene rings is 2. The highest BCUT2D eigenvalue weighted by Gasteiger charge is 2.02. The largest absolute Gasteiger partial charge is 0.497 e. The Morgan fingerprint density at radius 3 is 2.35 bits per heavy atom. The summed E-state index contributed by atoms with van der Waals surface area (Å²) in [5.74, 6) is 1.48. The molecule has 0 aliphatic heterocycles. The van der Waals surface area contributed by atoms with Crippen molar-refractivity contribution in [1.29, 1.82) is 0 Å². The lowest BCUT2D eigenvalue weighted by Gasteiger charge is -2.08. The van der Waals surface area contributed by atoms with E-state index in [1.807, 2.05) is 48.5 Å². The van der Waals surface area contributed by atoms with Gasteiger partial charge >= 0.3 is 0 Å². The minimum absolute atomic E-state index is 0.0209. The molecule has 0 heterocycles. The summed E-state index contributed by atoms with van der Waals surface area (Å²) in [4.78, 5) is 11.7. The van der Waals surface area contributed by atoms with Crippen molar-refractivity contribution in [1.82, 2.24) is 5.32 Å². The molecule has 122 valence electrons. The molecule has 0 unspecified atom stereocenters. The number of carbonyl (C=O) groups is 1. The molecule has 0 aliphatic carbocycles. The fraction of sp³-hybridized carbons (Fsp3) is 0.278. The number of nitrogens with one attached hydrogen (secondary N) is 1. The summed E-state index contributed by atoms with van der Waals surface area (Å²) >= 11 is 5.83. The lowest BCUT2D eigenvalue weighted by atomic mass is 10.1. The van der Waals surface area contributed by atoms with Gasteiger partial charge < -0.3 is 14.8 Å². The molecule has 2 rings (SSSR count). The van der Waals surface area contributed by atoms with E-state index in [1.54, 1.807) is 7.11 Å². The van der Waals surface area contributed by atoms with Crippen LogP contribution in [0.4, 0.5) is 0 Å². The van der Waals surface area contributed by atoms with Crippen LogP contribution in [-0.4, -0.2) is 26.2 Å². The van der Waals surface area contributed by atoms with Crippen LogP contribution >= 0.6 is 11.6 Å². The Bertz CT molecular complexity index is 611. The fourth-order valence-electron chi connectivity index (χ4n) is 2.02. The van der Waals surface area contributed by atoms with Crippen LogP contribution < -0.4 is 14.8 Å². The van der Waals surface area contributed by atoms with Gasteiger partial charge in [0.15, 0.2) is 0 Å². The number of hydrogen-bond acceptors (Lipinski definition) is 3. The first-order valence-electron chi connectivity index (χ1n) is 7.45. The number of hydrogen-bond donors (Lipinski definition) is 1. The van der Waals surface area contributed by atoms with Crippen molar-refractivity contribution in [2.45, 2.75) is 12.8 Å². The van der Waals surface area contributed by atoms with E-state index in [4.69, 9.17) is 21.1 Å². The van der Waals surface area contributed by atoms with Gasteiger partial charge in [0.1, 0.15) is 11.5 Å². The van der Waals surface area contributed by atoms with Crippen molar-refractivity contribution in [3.63, 3.8) is 0 Å². The van der Waals surface area contributed by atoms with Crippen LogP contribution in [0.2, 0.25) is 5.02 Å². The molecule has 0 atom stereocenters. The first-order valence-corrected chi connectivity index (χ1v) is 7.83. The van der Waals surface area contributed by atoms with Crippen LogP contribution in [0.25, 0.3) is 0 Å². The molecule has 5 heteroatoms. The second kappa shape index (κ2) is 9.06. The van der Waals surface area contributed by atoms with Gasteiger partial charge in [-0.3, -0.25) is 4.79 Å². The van der Waals surface area contributed by atoms with Gasteiger partial charge in [-0.1, -0.05) is 23.7 Å². The highest BCUT2D eigenvalue weighted by molar-refractivity contribution is 6.30. The summed E-state index contributed by atoms with van der Waals surface area (Å²) in [5, 5.41) is 3.59. The topological polar surface area (TPSA) is 47.6 Å². The van der Waals surface area contributed by atoms with E-state index >= 15 is 0 Å². The molecule has 0 aliphatic rings. The summed E-state index contributed by atoms with van der Waals surface area (Å²) in [7, 11) is 1.62. The van der Waals surface area contributed by atoms with E-state index in [2.05, 4.69) is 5.32 Å². The van der Waals surface area contributed by atoms with Gasteiger partial charge in [0.25, 0.3) is 0 Å². The highest BCUT2D eigenvalue weighted by atomic mass is 35.5. The van der Waals surface area contributed by atoms with E-state index in [9.17, 15) is 4.79 Å². The molecule has 2 aromatic rings. The van der Waals surface area contributed by atoms with E-state index < -0.39 is 0 Å². The lowest BCUT2D eigenvalue weighted by Crippen LogP contribution is -2.27. The van der Waals surface area contributed by atoms with Gasteiger partial charge in [-0.15, -0.1) is 0 Å². The Balaban J connectivity index is 1.62. The summed E-state index contributed by atoms with van der Waals surface area (Å²) in [5.41, 5.74) is 1.14. The SMILES string of the molecule is COc1ccc(OCCC(=O)NCCc2ccc(Cl)cc2)cc1. The fourth-order valence-corrected chi connectivity index (χ4v) is 2.15. The lowest BCUT2D eigenvalue weighted by molar-refractivity contribution is -0.121. The number of rotatable bonds is 8. The van der Waals surface area contributed by atoms with Gasteiger partial charge in [-0.25, -0.2) is 0 Å². The van der Waals surface area contributed by atoms with Gasteiger partial charge in [-0.05, 0) is 48.4 Å². The van der Waals surface area contributed by atoms with Crippen molar-refractivity contribution < 1.29 is 14.3 Å². The first-order chi connectivity index (χ1) is 11.2. The quantitative estimate of drug-likeness (QED) is 0.804. The minimum atomic E-state index is -0.0209. The average molecular weight is 334 g/mol. The smallest absolute Gasteiger partial charge is 0.223 e. The molecule has 2 aromatic carbocycles. The third-order valence-corrected chi connectivity index (χ3v) is 3.56. The van der Waals surface area contributed by atoms with Crippen molar-refractivity contribution in [2.75, 3.05) is 20.3 Å².